The molecule has 1 atom stereocenters. The van der Waals surface area contributed by atoms with Crippen LogP contribution >= 0.6 is 0 Å². The zero-order chi connectivity index (χ0) is 14.6. The summed E-state index contributed by atoms with van der Waals surface area (Å²) in [5.41, 5.74) is 5.80. The van der Waals surface area contributed by atoms with E-state index in [1.54, 1.807) is 0 Å². The third-order valence-electron chi connectivity index (χ3n) is 2.19. The molecule has 0 amide bonds. The monoisotopic (exact) mass is 275 g/mol. The first-order valence-corrected chi connectivity index (χ1v) is 5.10. The normalized spacial score (nSPS) is 12.8. The molecule has 0 aliphatic heterocycles. The zero-order valence-corrected chi connectivity index (χ0v) is 9.55. The Hall–Kier alpha value is -2.22. The van der Waals surface area contributed by atoms with Crippen LogP contribution in [0.15, 0.2) is 24.3 Å². The maximum Gasteiger partial charge on any atom is 0.501 e. The van der Waals surface area contributed by atoms with Gasteiger partial charge in [-0.3, -0.25) is 4.79 Å². The van der Waals surface area contributed by atoms with E-state index in [2.05, 4.69) is 4.74 Å². The summed E-state index contributed by atoms with van der Waals surface area (Å²) in [5, 5.41) is 16.8. The molecule has 19 heavy (non-hydrogen) atoms. The van der Waals surface area contributed by atoms with E-state index in [0.29, 0.717) is 5.56 Å². The molecule has 0 bridgehead atoms. The lowest BCUT2D eigenvalue weighted by Crippen LogP contribution is -2.34. The van der Waals surface area contributed by atoms with E-state index in [4.69, 9.17) is 15.9 Å². The van der Waals surface area contributed by atoms with Crippen molar-refractivity contribution in [2.75, 3.05) is 0 Å². The van der Waals surface area contributed by atoms with Crippen LogP contribution in [0, 0.1) is 0 Å². The summed E-state index contributed by atoms with van der Waals surface area (Å²) in [6, 6.07) is 3.78. The van der Waals surface area contributed by atoms with E-state index in [9.17, 15) is 18.4 Å². The molecule has 0 heterocycles. The van der Waals surface area contributed by atoms with Crippen molar-refractivity contribution in [2.45, 2.75) is 18.6 Å². The van der Waals surface area contributed by atoms with Gasteiger partial charge in [-0.25, -0.2) is 4.79 Å². The van der Waals surface area contributed by atoms with E-state index < -0.39 is 24.1 Å². The minimum atomic E-state index is -4.32. The van der Waals surface area contributed by atoms with Crippen LogP contribution < -0.4 is 10.5 Å². The van der Waals surface area contributed by atoms with Crippen LogP contribution in [0.1, 0.15) is 5.56 Å². The number of carboxylic acids is 2. The molecule has 0 saturated carbocycles. The second-order valence-corrected chi connectivity index (χ2v) is 3.72. The first kappa shape index (κ1) is 14.8. The number of hydrogen-bond donors (Lipinski definition) is 3. The van der Waals surface area contributed by atoms with Crippen molar-refractivity contribution in [3.63, 3.8) is 0 Å². The number of alkyl halides is 2. The molecule has 0 aliphatic rings. The fourth-order valence-corrected chi connectivity index (χ4v) is 1.23. The van der Waals surface area contributed by atoms with Gasteiger partial charge in [0.05, 0.1) is 0 Å². The molecule has 8 heteroatoms. The van der Waals surface area contributed by atoms with Crippen molar-refractivity contribution in [3.8, 4) is 5.75 Å². The predicted octanol–water partition coefficient (Wildman–Crippen LogP) is 0.697. The summed E-state index contributed by atoms with van der Waals surface area (Å²) < 4.78 is 29.4. The number of hydrogen-bond acceptors (Lipinski definition) is 4. The molecule has 6 nitrogen and oxygen atoms in total. The standard InChI is InChI=1S/C11H11F2NO5/c12-11(13,10(17)18)19-7-3-1-6(2-4-7)5-8(14)9(15)16/h1-4,8H,5,14H2,(H,15,16)(H,17,18). The molecule has 1 unspecified atom stereocenters. The summed E-state index contributed by atoms with van der Waals surface area (Å²) in [7, 11) is 0. The number of carbonyl (C=O) groups is 2. The molecule has 0 aliphatic carbocycles. The minimum Gasteiger partial charge on any atom is -0.480 e. The number of carboxylic acid groups (broad SMARTS) is 2. The lowest BCUT2D eigenvalue weighted by atomic mass is 10.1. The highest BCUT2D eigenvalue weighted by atomic mass is 19.3. The average Bonchev–Trinajstić information content (AvgIpc) is 2.30. The van der Waals surface area contributed by atoms with Crippen LogP contribution in [0.4, 0.5) is 8.78 Å². The van der Waals surface area contributed by atoms with Crippen molar-refractivity contribution >= 4 is 11.9 Å². The van der Waals surface area contributed by atoms with E-state index in [1.807, 2.05) is 0 Å². The van der Waals surface area contributed by atoms with Gasteiger partial charge in [0.15, 0.2) is 0 Å². The van der Waals surface area contributed by atoms with Crippen LogP contribution in [-0.4, -0.2) is 34.3 Å². The van der Waals surface area contributed by atoms with Crippen molar-refractivity contribution in [1.82, 2.24) is 0 Å². The topological polar surface area (TPSA) is 110 Å². The lowest BCUT2D eigenvalue weighted by molar-refractivity contribution is -0.210. The quantitative estimate of drug-likeness (QED) is 0.704. The number of aliphatic carboxylic acids is 2. The summed E-state index contributed by atoms with van der Waals surface area (Å²) in [6.07, 6.45) is -4.30. The molecular weight excluding hydrogens is 264 g/mol. The minimum absolute atomic E-state index is 0.0188. The van der Waals surface area contributed by atoms with E-state index in [1.165, 1.54) is 12.1 Å². The highest BCUT2D eigenvalue weighted by molar-refractivity contribution is 5.74. The van der Waals surface area contributed by atoms with Crippen molar-refractivity contribution in [3.05, 3.63) is 29.8 Å². The molecule has 0 saturated heterocycles. The lowest BCUT2D eigenvalue weighted by Gasteiger charge is -2.13. The molecule has 4 N–H and O–H groups in total. The molecule has 0 aromatic heterocycles. The summed E-state index contributed by atoms with van der Waals surface area (Å²) in [6.45, 7) is 0. The molecular formula is C11H11F2NO5. The van der Waals surface area contributed by atoms with Gasteiger partial charge < -0.3 is 20.7 Å². The smallest absolute Gasteiger partial charge is 0.480 e. The Morgan fingerprint density at radius 1 is 1.26 bits per heavy atom. The number of benzene rings is 1. The van der Waals surface area contributed by atoms with Crippen molar-refractivity contribution < 1.29 is 33.3 Å². The van der Waals surface area contributed by atoms with Gasteiger partial charge in [0, 0.05) is 0 Å². The van der Waals surface area contributed by atoms with Crippen molar-refractivity contribution in [2.24, 2.45) is 5.73 Å². The first-order valence-electron chi connectivity index (χ1n) is 5.10. The van der Waals surface area contributed by atoms with Gasteiger partial charge >= 0.3 is 18.0 Å². The van der Waals surface area contributed by atoms with Crippen LogP contribution in [0.25, 0.3) is 0 Å². The fraction of sp³-hybridized carbons (Fsp3) is 0.273. The van der Waals surface area contributed by atoms with Crippen molar-refractivity contribution in [1.29, 1.82) is 0 Å². The second kappa shape index (κ2) is 5.61. The maximum absolute atomic E-state index is 12.7. The fourth-order valence-electron chi connectivity index (χ4n) is 1.23. The number of nitrogens with two attached hydrogens (primary N) is 1. The predicted molar refractivity (Wildman–Crippen MR) is 59.0 cm³/mol. The Kier molecular flexibility index (Phi) is 4.38. The summed E-state index contributed by atoms with van der Waals surface area (Å²) >= 11 is 0. The highest BCUT2D eigenvalue weighted by Gasteiger charge is 2.42. The number of ether oxygens (including phenoxy) is 1. The van der Waals surface area contributed by atoms with Gasteiger partial charge in [0.1, 0.15) is 11.8 Å². The second-order valence-electron chi connectivity index (χ2n) is 3.72. The maximum atomic E-state index is 12.7. The molecule has 1 rings (SSSR count). The third-order valence-corrected chi connectivity index (χ3v) is 2.19. The average molecular weight is 275 g/mol. The van der Waals surface area contributed by atoms with E-state index >= 15 is 0 Å². The SMILES string of the molecule is NC(Cc1ccc(OC(F)(F)C(=O)O)cc1)C(=O)O. The van der Waals surface area contributed by atoms with Gasteiger partial charge in [-0.15, -0.1) is 0 Å². The molecule has 104 valence electrons. The highest BCUT2D eigenvalue weighted by Crippen LogP contribution is 2.22. The molecule has 1 aromatic rings. The molecule has 0 fully saturated rings. The molecule has 0 radical (unpaired) electrons. The van der Waals surface area contributed by atoms with Crippen LogP contribution in [-0.2, 0) is 16.0 Å². The van der Waals surface area contributed by atoms with E-state index in [0.717, 1.165) is 12.1 Å². The molecule has 0 spiro atoms. The number of rotatable bonds is 6. The van der Waals surface area contributed by atoms with Crippen LogP contribution in [0.2, 0.25) is 0 Å². The van der Waals surface area contributed by atoms with Crippen LogP contribution in [0.5, 0.6) is 5.75 Å². The van der Waals surface area contributed by atoms with Crippen LogP contribution in [0.3, 0.4) is 0 Å². The number of halogens is 2. The Balaban J connectivity index is 2.72. The molecule has 1 aromatic carbocycles. The van der Waals surface area contributed by atoms with E-state index in [-0.39, 0.29) is 12.2 Å². The van der Waals surface area contributed by atoms with Gasteiger partial charge in [0.25, 0.3) is 0 Å². The first-order chi connectivity index (χ1) is 8.72. The zero-order valence-electron chi connectivity index (χ0n) is 9.55. The Labute approximate surface area is 106 Å². The third kappa shape index (κ3) is 4.18. The Morgan fingerprint density at radius 3 is 2.21 bits per heavy atom. The van der Waals surface area contributed by atoms with Gasteiger partial charge in [-0.1, -0.05) is 12.1 Å². The Bertz CT molecular complexity index is 474. The summed E-state index contributed by atoms with van der Waals surface area (Å²) in [5.74, 6) is -3.93. The Morgan fingerprint density at radius 2 is 1.79 bits per heavy atom. The van der Waals surface area contributed by atoms with Gasteiger partial charge in [-0.2, -0.15) is 8.78 Å². The largest absolute Gasteiger partial charge is 0.501 e. The summed E-state index contributed by atoms with van der Waals surface area (Å²) in [4.78, 5) is 20.7. The van der Waals surface area contributed by atoms with Gasteiger partial charge in [0.2, 0.25) is 0 Å². The van der Waals surface area contributed by atoms with Gasteiger partial charge in [-0.05, 0) is 24.1 Å².